The standard InChI is InChI=1S/C20H27N5O2/c1-13(2)10-15-11-18(27-23-15)20(26)25-9-6-16-17(12-25)21-14(3)22-19(16)24-7-4-5-8-24/h11,13H,4-10,12H2,1-3H3. The van der Waals surface area contributed by atoms with Crippen LogP contribution in [0.4, 0.5) is 5.82 Å². The van der Waals surface area contributed by atoms with Crippen molar-refractivity contribution in [1.29, 1.82) is 0 Å². The summed E-state index contributed by atoms with van der Waals surface area (Å²) in [5.74, 6) is 2.52. The van der Waals surface area contributed by atoms with Gasteiger partial charge in [-0.05, 0) is 38.5 Å². The number of hydrogen-bond acceptors (Lipinski definition) is 6. The third-order valence-corrected chi connectivity index (χ3v) is 5.24. The maximum Gasteiger partial charge on any atom is 0.292 e. The van der Waals surface area contributed by atoms with Crippen LogP contribution in [-0.4, -0.2) is 45.6 Å². The molecule has 7 heteroatoms. The van der Waals surface area contributed by atoms with E-state index in [1.165, 1.54) is 18.4 Å². The van der Waals surface area contributed by atoms with Crippen molar-refractivity contribution in [2.75, 3.05) is 24.5 Å². The van der Waals surface area contributed by atoms with E-state index in [0.717, 1.165) is 49.0 Å². The van der Waals surface area contributed by atoms with Gasteiger partial charge in [0.2, 0.25) is 5.76 Å². The molecular formula is C20H27N5O2. The molecular weight excluding hydrogens is 342 g/mol. The zero-order valence-corrected chi connectivity index (χ0v) is 16.4. The zero-order valence-electron chi connectivity index (χ0n) is 16.4. The number of hydrogen-bond donors (Lipinski definition) is 0. The second kappa shape index (κ2) is 7.29. The Morgan fingerprint density at radius 1 is 1.22 bits per heavy atom. The first-order valence-corrected chi connectivity index (χ1v) is 9.87. The molecule has 144 valence electrons. The molecule has 0 aliphatic carbocycles. The fraction of sp³-hybridized carbons (Fsp3) is 0.600. The summed E-state index contributed by atoms with van der Waals surface area (Å²) in [7, 11) is 0. The Morgan fingerprint density at radius 2 is 2.00 bits per heavy atom. The first-order valence-electron chi connectivity index (χ1n) is 9.87. The van der Waals surface area contributed by atoms with E-state index in [1.54, 1.807) is 6.07 Å². The van der Waals surface area contributed by atoms with Gasteiger partial charge in [-0.2, -0.15) is 0 Å². The van der Waals surface area contributed by atoms with Crippen LogP contribution in [0.3, 0.4) is 0 Å². The van der Waals surface area contributed by atoms with Crippen molar-refractivity contribution >= 4 is 11.7 Å². The lowest BCUT2D eigenvalue weighted by molar-refractivity contribution is 0.0689. The molecule has 0 unspecified atom stereocenters. The number of aromatic nitrogens is 3. The second-order valence-corrected chi connectivity index (χ2v) is 7.97. The molecule has 7 nitrogen and oxygen atoms in total. The van der Waals surface area contributed by atoms with Crippen molar-refractivity contribution in [2.45, 2.75) is 53.0 Å². The number of amides is 1. The van der Waals surface area contributed by atoms with E-state index in [9.17, 15) is 4.79 Å². The van der Waals surface area contributed by atoms with Gasteiger partial charge < -0.3 is 14.3 Å². The molecule has 2 aromatic rings. The molecule has 1 fully saturated rings. The van der Waals surface area contributed by atoms with Crippen LogP contribution in [0.15, 0.2) is 10.6 Å². The molecule has 0 saturated carbocycles. The first-order chi connectivity index (χ1) is 13.0. The smallest absolute Gasteiger partial charge is 0.292 e. The van der Waals surface area contributed by atoms with E-state index in [0.29, 0.717) is 24.8 Å². The molecule has 4 heterocycles. The Morgan fingerprint density at radius 3 is 2.74 bits per heavy atom. The summed E-state index contributed by atoms with van der Waals surface area (Å²) in [5.41, 5.74) is 3.00. The maximum absolute atomic E-state index is 12.9. The van der Waals surface area contributed by atoms with E-state index in [4.69, 9.17) is 9.51 Å². The Kier molecular flexibility index (Phi) is 4.85. The number of nitrogens with zero attached hydrogens (tertiary/aromatic N) is 5. The van der Waals surface area contributed by atoms with Crippen LogP contribution in [0.25, 0.3) is 0 Å². The summed E-state index contributed by atoms with van der Waals surface area (Å²) in [6.07, 6.45) is 4.02. The minimum Gasteiger partial charge on any atom is -0.356 e. The average molecular weight is 369 g/mol. The molecule has 0 aromatic carbocycles. The molecule has 0 radical (unpaired) electrons. The molecule has 1 saturated heterocycles. The van der Waals surface area contributed by atoms with Crippen LogP contribution >= 0.6 is 0 Å². The number of rotatable bonds is 4. The molecule has 0 N–H and O–H groups in total. The molecule has 0 atom stereocenters. The zero-order chi connectivity index (χ0) is 19.0. The predicted molar refractivity (Wildman–Crippen MR) is 102 cm³/mol. The normalized spacial score (nSPS) is 16.9. The van der Waals surface area contributed by atoms with Gasteiger partial charge in [0.25, 0.3) is 5.91 Å². The maximum atomic E-state index is 12.9. The Balaban J connectivity index is 1.54. The molecule has 4 rings (SSSR count). The molecule has 2 aromatic heterocycles. The van der Waals surface area contributed by atoms with Crippen molar-refractivity contribution < 1.29 is 9.32 Å². The van der Waals surface area contributed by atoms with Gasteiger partial charge in [-0.3, -0.25) is 4.79 Å². The van der Waals surface area contributed by atoms with Crippen LogP contribution in [-0.2, 0) is 19.4 Å². The third-order valence-electron chi connectivity index (χ3n) is 5.24. The van der Waals surface area contributed by atoms with Gasteiger partial charge in [0, 0.05) is 31.3 Å². The predicted octanol–water partition coefficient (Wildman–Crippen LogP) is 2.77. The van der Waals surface area contributed by atoms with E-state index < -0.39 is 0 Å². The Labute approximate surface area is 159 Å². The molecule has 0 spiro atoms. The quantitative estimate of drug-likeness (QED) is 0.825. The summed E-state index contributed by atoms with van der Waals surface area (Å²) in [5, 5.41) is 4.04. The summed E-state index contributed by atoms with van der Waals surface area (Å²) < 4.78 is 5.32. The monoisotopic (exact) mass is 369 g/mol. The van der Waals surface area contributed by atoms with Crippen LogP contribution in [0.1, 0.15) is 60.0 Å². The van der Waals surface area contributed by atoms with E-state index in [2.05, 4.69) is 28.9 Å². The van der Waals surface area contributed by atoms with Gasteiger partial charge in [-0.25, -0.2) is 9.97 Å². The highest BCUT2D eigenvalue weighted by Crippen LogP contribution is 2.29. The molecule has 2 aliphatic heterocycles. The topological polar surface area (TPSA) is 75.4 Å². The van der Waals surface area contributed by atoms with E-state index >= 15 is 0 Å². The Bertz CT molecular complexity index is 839. The summed E-state index contributed by atoms with van der Waals surface area (Å²) in [4.78, 5) is 26.4. The lowest BCUT2D eigenvalue weighted by atomic mass is 10.0. The van der Waals surface area contributed by atoms with Crippen LogP contribution in [0.2, 0.25) is 0 Å². The van der Waals surface area contributed by atoms with Crippen molar-refractivity contribution in [3.05, 3.63) is 34.6 Å². The average Bonchev–Trinajstić information content (AvgIpc) is 3.31. The van der Waals surface area contributed by atoms with Crippen molar-refractivity contribution in [3.8, 4) is 0 Å². The minimum absolute atomic E-state index is 0.109. The van der Waals surface area contributed by atoms with Gasteiger partial charge in [0.1, 0.15) is 11.6 Å². The lowest BCUT2D eigenvalue weighted by Gasteiger charge is -2.30. The number of carbonyl (C=O) groups is 1. The molecule has 1 amide bonds. The van der Waals surface area contributed by atoms with Crippen LogP contribution in [0, 0.1) is 12.8 Å². The van der Waals surface area contributed by atoms with Crippen molar-refractivity contribution in [2.24, 2.45) is 5.92 Å². The number of carbonyl (C=O) groups excluding carboxylic acids is 1. The van der Waals surface area contributed by atoms with E-state index in [-0.39, 0.29) is 5.91 Å². The Hall–Kier alpha value is -2.44. The van der Waals surface area contributed by atoms with Gasteiger partial charge in [-0.1, -0.05) is 19.0 Å². The number of aryl methyl sites for hydroxylation is 1. The summed E-state index contributed by atoms with van der Waals surface area (Å²) >= 11 is 0. The second-order valence-electron chi connectivity index (χ2n) is 7.97. The van der Waals surface area contributed by atoms with Gasteiger partial charge in [0.05, 0.1) is 17.9 Å². The van der Waals surface area contributed by atoms with Gasteiger partial charge in [-0.15, -0.1) is 0 Å². The van der Waals surface area contributed by atoms with Crippen molar-refractivity contribution in [1.82, 2.24) is 20.0 Å². The van der Waals surface area contributed by atoms with Gasteiger partial charge >= 0.3 is 0 Å². The fourth-order valence-corrected chi connectivity index (χ4v) is 3.98. The molecule has 2 aliphatic rings. The highest BCUT2D eigenvalue weighted by atomic mass is 16.5. The molecule has 0 bridgehead atoms. The fourth-order valence-electron chi connectivity index (χ4n) is 3.98. The van der Waals surface area contributed by atoms with Crippen molar-refractivity contribution in [3.63, 3.8) is 0 Å². The summed E-state index contributed by atoms with van der Waals surface area (Å²) in [6.45, 7) is 9.44. The third kappa shape index (κ3) is 3.68. The molecule has 27 heavy (non-hydrogen) atoms. The van der Waals surface area contributed by atoms with Crippen LogP contribution in [0.5, 0.6) is 0 Å². The first kappa shape index (κ1) is 17.9. The number of anilines is 1. The minimum atomic E-state index is -0.109. The summed E-state index contributed by atoms with van der Waals surface area (Å²) in [6, 6.07) is 1.78. The SMILES string of the molecule is Cc1nc2c(c(N3CCCC3)n1)CCN(C(=O)c1cc(CC(C)C)no1)C2. The highest BCUT2D eigenvalue weighted by Gasteiger charge is 2.29. The number of fused-ring (bicyclic) bond motifs is 1. The lowest BCUT2D eigenvalue weighted by Crippen LogP contribution is -2.37. The van der Waals surface area contributed by atoms with E-state index in [1.807, 2.05) is 11.8 Å². The van der Waals surface area contributed by atoms with Crippen LogP contribution < -0.4 is 4.90 Å². The highest BCUT2D eigenvalue weighted by molar-refractivity contribution is 5.91. The van der Waals surface area contributed by atoms with Gasteiger partial charge in [0.15, 0.2) is 0 Å². The largest absolute Gasteiger partial charge is 0.356 e.